The number of piperidine rings is 1. The van der Waals surface area contributed by atoms with Crippen LogP contribution in [0.2, 0.25) is 0 Å². The van der Waals surface area contributed by atoms with Crippen LogP contribution in [-0.2, 0) is 0 Å². The molecular weight excluding hydrogens is 330 g/mol. The van der Waals surface area contributed by atoms with E-state index < -0.39 is 4.92 Å². The van der Waals surface area contributed by atoms with E-state index in [9.17, 15) is 14.9 Å². The summed E-state index contributed by atoms with van der Waals surface area (Å²) >= 11 is 0. The summed E-state index contributed by atoms with van der Waals surface area (Å²) in [7, 11) is 1.90. The number of ketones is 1. The maximum Gasteiger partial charge on any atom is 0.293 e. The van der Waals surface area contributed by atoms with Gasteiger partial charge in [0.15, 0.2) is 5.78 Å². The largest absolute Gasteiger partial charge is 0.369 e. The molecule has 1 heterocycles. The molecule has 0 aromatic heterocycles. The van der Waals surface area contributed by atoms with Crippen molar-refractivity contribution in [2.75, 3.05) is 29.9 Å². The minimum absolute atomic E-state index is 0.0166. The fourth-order valence-electron chi connectivity index (χ4n) is 3.53. The predicted molar refractivity (Wildman–Crippen MR) is 103 cm³/mol. The van der Waals surface area contributed by atoms with E-state index in [1.807, 2.05) is 30.1 Å². The van der Waals surface area contributed by atoms with E-state index in [-0.39, 0.29) is 17.5 Å². The molecule has 1 unspecified atom stereocenters. The summed E-state index contributed by atoms with van der Waals surface area (Å²) in [6, 6.07) is 15.1. The lowest BCUT2D eigenvalue weighted by molar-refractivity contribution is -0.384. The molecule has 0 aliphatic carbocycles. The first kappa shape index (κ1) is 17.9. The van der Waals surface area contributed by atoms with Gasteiger partial charge in [-0.25, -0.2) is 0 Å². The van der Waals surface area contributed by atoms with Gasteiger partial charge in [-0.1, -0.05) is 18.2 Å². The Morgan fingerprint density at radius 1 is 1.23 bits per heavy atom. The average molecular weight is 353 g/mol. The van der Waals surface area contributed by atoms with Crippen molar-refractivity contribution >= 4 is 22.8 Å². The molecule has 0 N–H and O–H groups in total. The minimum Gasteiger partial charge on any atom is -0.369 e. The normalized spacial score (nSPS) is 17.0. The molecule has 1 aliphatic heterocycles. The lowest BCUT2D eigenvalue weighted by Crippen LogP contribution is -2.47. The van der Waals surface area contributed by atoms with Crippen molar-refractivity contribution in [2.24, 2.45) is 0 Å². The maximum atomic E-state index is 11.6. The Hall–Kier alpha value is -2.89. The van der Waals surface area contributed by atoms with Crippen LogP contribution in [0.5, 0.6) is 0 Å². The molecule has 0 bridgehead atoms. The molecular formula is C20H23N3O3. The number of hydrogen-bond donors (Lipinski definition) is 0. The molecule has 0 radical (unpaired) electrons. The van der Waals surface area contributed by atoms with Crippen molar-refractivity contribution in [3.05, 3.63) is 64.2 Å². The molecule has 6 heteroatoms. The molecule has 1 aliphatic rings. The number of likely N-dealkylation sites (N-methyl/N-ethyl adjacent to an activating group) is 1. The lowest BCUT2D eigenvalue weighted by atomic mass is 10.0. The maximum absolute atomic E-state index is 11.6. The zero-order valence-electron chi connectivity index (χ0n) is 15.1. The Balaban J connectivity index is 1.85. The van der Waals surface area contributed by atoms with Crippen LogP contribution in [0.3, 0.4) is 0 Å². The van der Waals surface area contributed by atoms with Gasteiger partial charge < -0.3 is 9.80 Å². The van der Waals surface area contributed by atoms with Gasteiger partial charge in [0.25, 0.3) is 5.69 Å². The Morgan fingerprint density at radius 3 is 2.62 bits per heavy atom. The van der Waals surface area contributed by atoms with Gasteiger partial charge in [0, 0.05) is 43.5 Å². The van der Waals surface area contributed by atoms with Gasteiger partial charge in [-0.05, 0) is 44.0 Å². The average Bonchev–Trinajstić information content (AvgIpc) is 2.67. The smallest absolute Gasteiger partial charge is 0.293 e. The van der Waals surface area contributed by atoms with Crippen LogP contribution in [0.25, 0.3) is 0 Å². The van der Waals surface area contributed by atoms with Crippen LogP contribution in [0.4, 0.5) is 17.1 Å². The Morgan fingerprint density at radius 2 is 1.96 bits per heavy atom. The zero-order valence-corrected chi connectivity index (χ0v) is 15.1. The van der Waals surface area contributed by atoms with Crippen LogP contribution in [0, 0.1) is 10.1 Å². The number of nitrogens with zero attached hydrogens (tertiary/aromatic N) is 3. The quantitative estimate of drug-likeness (QED) is 0.463. The molecule has 0 spiro atoms. The Kier molecular flexibility index (Phi) is 5.21. The van der Waals surface area contributed by atoms with E-state index in [1.54, 1.807) is 12.1 Å². The molecule has 26 heavy (non-hydrogen) atoms. The van der Waals surface area contributed by atoms with E-state index >= 15 is 0 Å². The van der Waals surface area contributed by atoms with E-state index in [1.165, 1.54) is 18.7 Å². The van der Waals surface area contributed by atoms with Crippen LogP contribution < -0.4 is 9.80 Å². The first-order valence-corrected chi connectivity index (χ1v) is 8.79. The van der Waals surface area contributed by atoms with Gasteiger partial charge in [-0.2, -0.15) is 0 Å². The monoisotopic (exact) mass is 353 g/mol. The van der Waals surface area contributed by atoms with E-state index in [0.29, 0.717) is 11.3 Å². The number of nitro groups is 1. The lowest BCUT2D eigenvalue weighted by Gasteiger charge is -2.39. The van der Waals surface area contributed by atoms with Crippen LogP contribution in [0.15, 0.2) is 48.5 Å². The number of carbonyl (C=O) groups excluding carboxylic acids is 1. The molecule has 136 valence electrons. The van der Waals surface area contributed by atoms with Crippen molar-refractivity contribution in [3.63, 3.8) is 0 Å². The predicted octanol–water partition coefficient (Wildman–Crippen LogP) is 3.90. The van der Waals surface area contributed by atoms with Crippen LogP contribution in [0.1, 0.15) is 30.1 Å². The summed E-state index contributed by atoms with van der Waals surface area (Å²) in [5, 5.41) is 11.5. The van der Waals surface area contributed by atoms with Crippen molar-refractivity contribution in [1.29, 1.82) is 0 Å². The van der Waals surface area contributed by atoms with Gasteiger partial charge in [-0.3, -0.25) is 14.9 Å². The summed E-state index contributed by atoms with van der Waals surface area (Å²) in [5.41, 5.74) is 2.08. The highest BCUT2D eigenvalue weighted by atomic mass is 16.6. The van der Waals surface area contributed by atoms with E-state index in [2.05, 4.69) is 17.0 Å². The number of nitro benzene ring substituents is 1. The van der Waals surface area contributed by atoms with Crippen molar-refractivity contribution < 1.29 is 9.72 Å². The van der Waals surface area contributed by atoms with Gasteiger partial charge in [0.2, 0.25) is 0 Å². The first-order chi connectivity index (χ1) is 12.5. The third kappa shape index (κ3) is 3.69. The molecule has 6 nitrogen and oxygen atoms in total. The summed E-state index contributed by atoms with van der Waals surface area (Å²) < 4.78 is 0. The summed E-state index contributed by atoms with van der Waals surface area (Å²) in [6.07, 6.45) is 2.01. The summed E-state index contributed by atoms with van der Waals surface area (Å²) in [6.45, 7) is 3.22. The highest BCUT2D eigenvalue weighted by Gasteiger charge is 2.28. The number of benzene rings is 2. The summed E-state index contributed by atoms with van der Waals surface area (Å²) in [5.74, 6) is -0.171. The molecule has 1 saturated heterocycles. The Bertz CT molecular complexity index is 807. The van der Waals surface area contributed by atoms with Gasteiger partial charge in [-0.15, -0.1) is 0 Å². The minimum atomic E-state index is -0.407. The Labute approximate surface area is 153 Å². The summed E-state index contributed by atoms with van der Waals surface area (Å²) in [4.78, 5) is 27.0. The van der Waals surface area contributed by atoms with Crippen molar-refractivity contribution in [3.8, 4) is 0 Å². The van der Waals surface area contributed by atoms with Gasteiger partial charge >= 0.3 is 0 Å². The molecule has 1 fully saturated rings. The molecule has 2 aromatic carbocycles. The fraction of sp³-hybridized carbons (Fsp3) is 0.350. The van der Waals surface area contributed by atoms with Crippen LogP contribution in [-0.4, -0.2) is 36.9 Å². The first-order valence-electron chi connectivity index (χ1n) is 8.79. The standard InChI is InChI=1S/C20H23N3O3/c1-15(24)16-10-11-19(20(13-16)23(25)26)21(2)18-9-6-12-22(14-18)17-7-4-3-5-8-17/h3-5,7-8,10-11,13,18H,6,9,12,14H2,1-2H3. The topological polar surface area (TPSA) is 66.7 Å². The second-order valence-corrected chi connectivity index (χ2v) is 6.71. The zero-order chi connectivity index (χ0) is 18.7. The number of anilines is 2. The number of rotatable bonds is 5. The second-order valence-electron chi connectivity index (χ2n) is 6.71. The fourth-order valence-corrected chi connectivity index (χ4v) is 3.53. The number of para-hydroxylation sites is 1. The van der Waals surface area contributed by atoms with Gasteiger partial charge in [0.1, 0.15) is 5.69 Å². The third-order valence-electron chi connectivity index (χ3n) is 5.02. The highest BCUT2D eigenvalue weighted by molar-refractivity contribution is 5.95. The second kappa shape index (κ2) is 7.56. The number of carbonyl (C=O) groups is 1. The molecule has 0 amide bonds. The molecule has 2 aromatic rings. The number of hydrogen-bond acceptors (Lipinski definition) is 5. The van der Waals surface area contributed by atoms with Crippen molar-refractivity contribution in [2.45, 2.75) is 25.8 Å². The SMILES string of the molecule is CC(=O)c1ccc(N(C)C2CCCN(c3ccccc3)C2)c([N+](=O)[O-])c1. The molecule has 1 atom stereocenters. The van der Waals surface area contributed by atoms with Gasteiger partial charge in [0.05, 0.1) is 4.92 Å². The highest BCUT2D eigenvalue weighted by Crippen LogP contribution is 2.32. The van der Waals surface area contributed by atoms with Crippen molar-refractivity contribution in [1.82, 2.24) is 0 Å². The number of Topliss-reactive ketones (excluding diaryl/α,β-unsaturated/α-hetero) is 1. The van der Waals surface area contributed by atoms with Crippen LogP contribution >= 0.6 is 0 Å². The molecule has 3 rings (SSSR count). The third-order valence-corrected chi connectivity index (χ3v) is 5.02. The van der Waals surface area contributed by atoms with E-state index in [0.717, 1.165) is 25.9 Å². The van der Waals surface area contributed by atoms with E-state index in [4.69, 9.17) is 0 Å². The molecule has 0 saturated carbocycles.